The van der Waals surface area contributed by atoms with Crippen LogP contribution < -0.4 is 5.32 Å². The summed E-state index contributed by atoms with van der Waals surface area (Å²) in [6.45, 7) is 7.72. The second-order valence-corrected chi connectivity index (χ2v) is 7.01. The third kappa shape index (κ3) is 4.31. The molecule has 5 heteroatoms. The SMILES string of the molecule is CC(C)(C)CNC(=O)c1ccc(C(=O)N2CC[C@@H](O)C2)cc1. The average Bonchev–Trinajstić information content (AvgIpc) is 2.90. The zero-order valence-electron chi connectivity index (χ0n) is 13.4. The first kappa shape index (κ1) is 16.5. The highest BCUT2D eigenvalue weighted by Crippen LogP contribution is 2.15. The van der Waals surface area contributed by atoms with Crippen LogP contribution in [0.2, 0.25) is 0 Å². The number of rotatable bonds is 3. The van der Waals surface area contributed by atoms with Gasteiger partial charge in [-0.2, -0.15) is 0 Å². The van der Waals surface area contributed by atoms with Gasteiger partial charge in [-0.1, -0.05) is 20.8 Å². The number of benzene rings is 1. The Morgan fingerprint density at radius 1 is 1.23 bits per heavy atom. The smallest absolute Gasteiger partial charge is 0.253 e. The molecule has 0 saturated carbocycles. The number of hydrogen-bond acceptors (Lipinski definition) is 3. The summed E-state index contributed by atoms with van der Waals surface area (Å²) in [5.41, 5.74) is 1.12. The molecule has 22 heavy (non-hydrogen) atoms. The van der Waals surface area contributed by atoms with Crippen LogP contribution in [0.1, 0.15) is 47.9 Å². The van der Waals surface area contributed by atoms with E-state index in [1.807, 2.05) is 0 Å². The lowest BCUT2D eigenvalue weighted by molar-refractivity contribution is 0.0764. The summed E-state index contributed by atoms with van der Waals surface area (Å²) >= 11 is 0. The maximum absolute atomic E-state index is 12.2. The molecule has 1 fully saturated rings. The van der Waals surface area contributed by atoms with Gasteiger partial charge in [0.25, 0.3) is 11.8 Å². The molecule has 1 aliphatic rings. The van der Waals surface area contributed by atoms with E-state index in [1.54, 1.807) is 29.2 Å². The fourth-order valence-corrected chi connectivity index (χ4v) is 2.32. The van der Waals surface area contributed by atoms with Gasteiger partial charge in [-0.05, 0) is 36.1 Å². The second-order valence-electron chi connectivity index (χ2n) is 7.01. The quantitative estimate of drug-likeness (QED) is 0.892. The molecule has 0 bridgehead atoms. The van der Waals surface area contributed by atoms with Crippen molar-refractivity contribution in [2.45, 2.75) is 33.3 Å². The molecule has 5 nitrogen and oxygen atoms in total. The maximum atomic E-state index is 12.2. The molecular formula is C17H24N2O3. The molecule has 0 aromatic heterocycles. The summed E-state index contributed by atoms with van der Waals surface area (Å²) in [6, 6.07) is 6.66. The van der Waals surface area contributed by atoms with E-state index >= 15 is 0 Å². The van der Waals surface area contributed by atoms with Crippen molar-refractivity contribution in [3.8, 4) is 0 Å². The number of likely N-dealkylation sites (tertiary alicyclic amines) is 1. The summed E-state index contributed by atoms with van der Waals surface area (Å²) in [6.07, 6.45) is 0.199. The molecule has 0 radical (unpaired) electrons. The Bertz CT molecular complexity index is 546. The van der Waals surface area contributed by atoms with Crippen molar-refractivity contribution in [2.24, 2.45) is 5.41 Å². The largest absolute Gasteiger partial charge is 0.391 e. The third-order valence-electron chi connectivity index (χ3n) is 3.62. The first-order chi connectivity index (χ1) is 10.3. The number of β-amino-alcohol motifs (C(OH)–C–C–N with tert-alkyl or cyclic N) is 1. The second kappa shape index (κ2) is 6.48. The zero-order chi connectivity index (χ0) is 16.3. The van der Waals surface area contributed by atoms with Crippen molar-refractivity contribution < 1.29 is 14.7 Å². The van der Waals surface area contributed by atoms with Gasteiger partial charge in [0, 0.05) is 30.8 Å². The number of hydrogen-bond donors (Lipinski definition) is 2. The highest BCUT2D eigenvalue weighted by molar-refractivity contribution is 5.97. The van der Waals surface area contributed by atoms with Crippen molar-refractivity contribution in [2.75, 3.05) is 19.6 Å². The van der Waals surface area contributed by atoms with Crippen LogP contribution in [-0.2, 0) is 0 Å². The van der Waals surface area contributed by atoms with Gasteiger partial charge in [-0.3, -0.25) is 9.59 Å². The van der Waals surface area contributed by atoms with Gasteiger partial charge in [0.1, 0.15) is 0 Å². The van der Waals surface area contributed by atoms with E-state index in [9.17, 15) is 14.7 Å². The maximum Gasteiger partial charge on any atom is 0.253 e. The Morgan fingerprint density at radius 2 is 1.82 bits per heavy atom. The van der Waals surface area contributed by atoms with E-state index in [2.05, 4.69) is 26.1 Å². The molecule has 1 atom stereocenters. The normalized spacial score (nSPS) is 18.4. The van der Waals surface area contributed by atoms with Crippen LogP contribution >= 0.6 is 0 Å². The molecule has 2 N–H and O–H groups in total. The Kier molecular flexibility index (Phi) is 4.86. The average molecular weight is 304 g/mol. The molecule has 2 rings (SSSR count). The highest BCUT2D eigenvalue weighted by Gasteiger charge is 2.25. The number of carbonyl (C=O) groups excluding carboxylic acids is 2. The van der Waals surface area contributed by atoms with Gasteiger partial charge >= 0.3 is 0 Å². The van der Waals surface area contributed by atoms with E-state index in [4.69, 9.17) is 0 Å². The van der Waals surface area contributed by atoms with E-state index in [-0.39, 0.29) is 17.2 Å². The molecule has 2 amide bonds. The molecule has 1 heterocycles. The standard InChI is InChI=1S/C17H24N2O3/c1-17(2,3)11-18-15(21)12-4-6-13(7-5-12)16(22)19-9-8-14(20)10-19/h4-7,14,20H,8-11H2,1-3H3,(H,18,21)/t14-/m1/s1. The minimum absolute atomic E-state index is 0.0299. The monoisotopic (exact) mass is 304 g/mol. The lowest BCUT2D eigenvalue weighted by Gasteiger charge is -2.19. The first-order valence-electron chi connectivity index (χ1n) is 7.62. The number of carbonyl (C=O) groups is 2. The first-order valence-corrected chi connectivity index (χ1v) is 7.62. The van der Waals surface area contributed by atoms with Gasteiger partial charge in [0.05, 0.1) is 6.10 Å². The number of aliphatic hydroxyl groups excluding tert-OH is 1. The lowest BCUT2D eigenvalue weighted by Crippen LogP contribution is -2.32. The van der Waals surface area contributed by atoms with Crippen molar-refractivity contribution in [1.29, 1.82) is 0 Å². The van der Waals surface area contributed by atoms with Crippen LogP contribution in [0.3, 0.4) is 0 Å². The van der Waals surface area contributed by atoms with Crippen LogP contribution in [-0.4, -0.2) is 47.6 Å². The lowest BCUT2D eigenvalue weighted by atomic mass is 9.97. The van der Waals surface area contributed by atoms with E-state index < -0.39 is 6.10 Å². The third-order valence-corrected chi connectivity index (χ3v) is 3.62. The highest BCUT2D eigenvalue weighted by atomic mass is 16.3. The van der Waals surface area contributed by atoms with Crippen LogP contribution in [0.15, 0.2) is 24.3 Å². The summed E-state index contributed by atoms with van der Waals surface area (Å²) in [7, 11) is 0. The number of aliphatic hydroxyl groups is 1. The van der Waals surface area contributed by atoms with Crippen LogP contribution in [0.5, 0.6) is 0 Å². The Balaban J connectivity index is 1.98. The topological polar surface area (TPSA) is 69.6 Å². The molecule has 0 unspecified atom stereocenters. The van der Waals surface area contributed by atoms with E-state index in [0.717, 1.165) is 0 Å². The van der Waals surface area contributed by atoms with Crippen LogP contribution in [0.25, 0.3) is 0 Å². The van der Waals surface area contributed by atoms with Crippen molar-refractivity contribution in [3.05, 3.63) is 35.4 Å². The predicted octanol–water partition coefficient (Wildman–Crippen LogP) is 1.67. The molecule has 1 aromatic carbocycles. The minimum atomic E-state index is -0.425. The summed E-state index contributed by atoms with van der Waals surface area (Å²) < 4.78 is 0. The fraction of sp³-hybridized carbons (Fsp3) is 0.529. The summed E-state index contributed by atoms with van der Waals surface area (Å²) in [4.78, 5) is 25.9. The van der Waals surface area contributed by atoms with E-state index in [1.165, 1.54) is 0 Å². The van der Waals surface area contributed by atoms with Crippen molar-refractivity contribution >= 4 is 11.8 Å². The number of nitrogens with one attached hydrogen (secondary N) is 1. The molecule has 120 valence electrons. The molecule has 1 aromatic rings. The minimum Gasteiger partial charge on any atom is -0.391 e. The van der Waals surface area contributed by atoms with E-state index in [0.29, 0.717) is 37.2 Å². The number of nitrogens with zero attached hydrogens (tertiary/aromatic N) is 1. The van der Waals surface area contributed by atoms with Crippen LogP contribution in [0, 0.1) is 5.41 Å². The molecule has 0 aliphatic carbocycles. The Labute approximate surface area is 131 Å². The summed E-state index contributed by atoms with van der Waals surface area (Å²) in [5.74, 6) is -0.233. The number of amides is 2. The van der Waals surface area contributed by atoms with Gasteiger partial charge in [-0.25, -0.2) is 0 Å². The van der Waals surface area contributed by atoms with Crippen molar-refractivity contribution in [1.82, 2.24) is 10.2 Å². The molecule has 0 spiro atoms. The van der Waals surface area contributed by atoms with Gasteiger partial charge in [-0.15, -0.1) is 0 Å². The molecule has 1 aliphatic heterocycles. The predicted molar refractivity (Wildman–Crippen MR) is 84.8 cm³/mol. The van der Waals surface area contributed by atoms with Gasteiger partial charge < -0.3 is 15.3 Å². The Morgan fingerprint density at radius 3 is 2.32 bits per heavy atom. The fourth-order valence-electron chi connectivity index (χ4n) is 2.32. The van der Waals surface area contributed by atoms with Crippen LogP contribution in [0.4, 0.5) is 0 Å². The Hall–Kier alpha value is -1.88. The molecular weight excluding hydrogens is 280 g/mol. The van der Waals surface area contributed by atoms with Crippen molar-refractivity contribution in [3.63, 3.8) is 0 Å². The molecule has 1 saturated heterocycles. The zero-order valence-corrected chi connectivity index (χ0v) is 13.4. The van der Waals surface area contributed by atoms with Gasteiger partial charge in [0.2, 0.25) is 0 Å². The van der Waals surface area contributed by atoms with Gasteiger partial charge in [0.15, 0.2) is 0 Å². The summed E-state index contributed by atoms with van der Waals surface area (Å²) in [5, 5.41) is 12.4.